The maximum atomic E-state index is 4.79. The third-order valence-electron chi connectivity index (χ3n) is 4.91. The Labute approximate surface area is 86.9 Å². The first-order valence-corrected chi connectivity index (χ1v) is 6.54. The van der Waals surface area contributed by atoms with Crippen LogP contribution in [0.15, 0.2) is 0 Å². The first-order chi connectivity index (χ1) is 6.34. The van der Waals surface area contributed by atoms with E-state index < -0.39 is 0 Å². The largest absolute Gasteiger partial charge is 0.176 e. The van der Waals surface area contributed by atoms with Gasteiger partial charge in [-0.25, -0.2) is 0 Å². The van der Waals surface area contributed by atoms with Gasteiger partial charge in [0.25, 0.3) is 0 Å². The van der Waals surface area contributed by atoms with E-state index in [-0.39, 0.29) is 0 Å². The molecule has 0 radical (unpaired) electrons. The molecule has 0 N–H and O–H groups in total. The second-order valence-electron chi connectivity index (χ2n) is 5.49. The molecule has 0 aromatic carbocycles. The first kappa shape index (κ1) is 8.64. The highest BCUT2D eigenvalue weighted by molar-refractivity contribution is 7.81. The van der Waals surface area contributed by atoms with Gasteiger partial charge in [0.1, 0.15) is 0 Å². The van der Waals surface area contributed by atoms with Crippen molar-refractivity contribution >= 4 is 12.6 Å². The normalized spacial score (nSPS) is 54.7. The first-order valence-electron chi connectivity index (χ1n) is 6.02. The van der Waals surface area contributed by atoms with Crippen LogP contribution < -0.4 is 0 Å². The maximum absolute atomic E-state index is 4.79. The lowest BCUT2D eigenvalue weighted by Crippen LogP contribution is -2.33. The van der Waals surface area contributed by atoms with Gasteiger partial charge in [-0.3, -0.25) is 0 Å². The Bertz CT molecular complexity index is 187. The zero-order valence-electron chi connectivity index (χ0n) is 8.28. The second-order valence-corrected chi connectivity index (χ2v) is 6.15. The maximum Gasteiger partial charge on any atom is 0.00452 e. The molecule has 0 spiro atoms. The minimum absolute atomic E-state index is 0.740. The van der Waals surface area contributed by atoms with Crippen LogP contribution >= 0.6 is 12.6 Å². The fraction of sp³-hybridized carbons (Fsp3) is 1.00. The Hall–Kier alpha value is 0.350. The zero-order chi connectivity index (χ0) is 8.84. The molecule has 0 aliphatic heterocycles. The second kappa shape index (κ2) is 3.18. The molecule has 4 bridgehead atoms. The third kappa shape index (κ3) is 1.35. The summed E-state index contributed by atoms with van der Waals surface area (Å²) in [5.74, 6) is 4.34. The number of thiol groups is 1. The van der Waals surface area contributed by atoms with E-state index in [0.29, 0.717) is 0 Å². The van der Waals surface area contributed by atoms with Crippen LogP contribution in [0.5, 0.6) is 0 Å². The smallest absolute Gasteiger partial charge is 0.00452 e. The molecule has 4 rings (SSSR count). The van der Waals surface area contributed by atoms with E-state index in [2.05, 4.69) is 0 Å². The minimum atomic E-state index is 0.740. The molecule has 74 valence electrons. The lowest BCUT2D eigenvalue weighted by atomic mass is 9.68. The van der Waals surface area contributed by atoms with Crippen molar-refractivity contribution in [3.63, 3.8) is 0 Å². The van der Waals surface area contributed by atoms with Crippen molar-refractivity contribution in [3.8, 4) is 0 Å². The van der Waals surface area contributed by atoms with Crippen molar-refractivity contribution in [2.24, 2.45) is 23.7 Å². The van der Waals surface area contributed by atoms with Crippen molar-refractivity contribution in [3.05, 3.63) is 0 Å². The monoisotopic (exact) mass is 196 g/mol. The molecular weight excluding hydrogens is 176 g/mol. The summed E-state index contributed by atoms with van der Waals surface area (Å²) >= 11 is 4.79. The average Bonchev–Trinajstić information content (AvgIpc) is 2.38. The van der Waals surface area contributed by atoms with Crippen LogP contribution in [-0.4, -0.2) is 5.25 Å². The molecule has 0 aromatic heterocycles. The van der Waals surface area contributed by atoms with E-state index in [1.807, 2.05) is 0 Å². The van der Waals surface area contributed by atoms with Crippen LogP contribution in [-0.2, 0) is 0 Å². The molecule has 13 heavy (non-hydrogen) atoms. The molecule has 0 heterocycles. The van der Waals surface area contributed by atoms with Gasteiger partial charge in [0.2, 0.25) is 0 Å². The molecule has 4 fully saturated rings. The van der Waals surface area contributed by atoms with Crippen LogP contribution in [0.25, 0.3) is 0 Å². The standard InChI is InChI=1S/C12H20S/c13-12-3-1-2-11-8-4-5-9(11)7-10(12)6-8/h8-13H,1-7H2. The van der Waals surface area contributed by atoms with Crippen LogP contribution in [0, 0.1) is 23.7 Å². The van der Waals surface area contributed by atoms with Crippen molar-refractivity contribution in [1.29, 1.82) is 0 Å². The number of hydrogen-bond acceptors (Lipinski definition) is 1. The van der Waals surface area contributed by atoms with E-state index in [4.69, 9.17) is 12.6 Å². The van der Waals surface area contributed by atoms with Gasteiger partial charge < -0.3 is 0 Å². The zero-order valence-corrected chi connectivity index (χ0v) is 9.18. The lowest BCUT2D eigenvalue weighted by molar-refractivity contribution is 0.133. The van der Waals surface area contributed by atoms with Crippen molar-refractivity contribution in [1.82, 2.24) is 0 Å². The minimum Gasteiger partial charge on any atom is -0.176 e. The summed E-state index contributed by atoms with van der Waals surface area (Å²) < 4.78 is 0. The SMILES string of the molecule is SC1CCCC2C3CCC2CC1C3. The van der Waals surface area contributed by atoms with Gasteiger partial charge in [0, 0.05) is 5.25 Å². The molecule has 4 aliphatic rings. The average molecular weight is 196 g/mol. The number of rotatable bonds is 0. The molecule has 3 unspecified atom stereocenters. The van der Waals surface area contributed by atoms with Crippen molar-refractivity contribution in [2.45, 2.75) is 50.2 Å². The Kier molecular flexibility index (Phi) is 2.12. The van der Waals surface area contributed by atoms with Gasteiger partial charge in [0.05, 0.1) is 0 Å². The summed E-state index contributed by atoms with van der Waals surface area (Å²) in [6, 6.07) is 0. The Morgan fingerprint density at radius 1 is 0.769 bits per heavy atom. The predicted octanol–water partition coefficient (Wildman–Crippen LogP) is 3.52. The molecule has 4 aliphatic carbocycles. The van der Waals surface area contributed by atoms with Crippen LogP contribution in [0.4, 0.5) is 0 Å². The topological polar surface area (TPSA) is 0 Å². The molecular formula is C12H20S. The predicted molar refractivity (Wildman–Crippen MR) is 59.1 cm³/mol. The van der Waals surface area contributed by atoms with Crippen molar-refractivity contribution < 1.29 is 0 Å². The fourth-order valence-electron chi connectivity index (χ4n) is 4.28. The van der Waals surface area contributed by atoms with Gasteiger partial charge in [-0.2, -0.15) is 12.6 Å². The van der Waals surface area contributed by atoms with Gasteiger partial charge in [0.15, 0.2) is 0 Å². The highest BCUT2D eigenvalue weighted by atomic mass is 32.1. The highest BCUT2D eigenvalue weighted by Crippen LogP contribution is 2.54. The van der Waals surface area contributed by atoms with Gasteiger partial charge in [-0.1, -0.05) is 6.42 Å². The number of hydrogen-bond donors (Lipinski definition) is 1. The summed E-state index contributed by atoms with van der Waals surface area (Å²) in [7, 11) is 0. The molecule has 0 nitrogen and oxygen atoms in total. The lowest BCUT2D eigenvalue weighted by Gasteiger charge is -2.40. The van der Waals surface area contributed by atoms with E-state index >= 15 is 0 Å². The molecule has 1 heteroatoms. The summed E-state index contributed by atoms with van der Waals surface area (Å²) in [4.78, 5) is 0. The van der Waals surface area contributed by atoms with Gasteiger partial charge in [-0.05, 0) is 62.2 Å². The Morgan fingerprint density at radius 3 is 2.15 bits per heavy atom. The summed E-state index contributed by atoms with van der Waals surface area (Å²) in [5, 5.41) is 0.740. The quantitative estimate of drug-likeness (QED) is 0.563. The van der Waals surface area contributed by atoms with Crippen LogP contribution in [0.1, 0.15) is 44.9 Å². The Balaban J connectivity index is 1.85. The molecule has 4 saturated carbocycles. The molecule has 0 aromatic rings. The Morgan fingerprint density at radius 2 is 1.46 bits per heavy atom. The van der Waals surface area contributed by atoms with E-state index in [1.54, 1.807) is 12.8 Å². The van der Waals surface area contributed by atoms with Crippen LogP contribution in [0.2, 0.25) is 0 Å². The number of fused-ring (bicyclic) bond motifs is 3. The highest BCUT2D eigenvalue weighted by Gasteiger charge is 2.44. The summed E-state index contributed by atoms with van der Waals surface area (Å²) in [5.41, 5.74) is 0. The van der Waals surface area contributed by atoms with E-state index in [1.165, 1.54) is 32.1 Å². The molecule has 0 amide bonds. The summed E-state index contributed by atoms with van der Waals surface area (Å²) in [6.07, 6.45) is 10.5. The summed E-state index contributed by atoms with van der Waals surface area (Å²) in [6.45, 7) is 0. The van der Waals surface area contributed by atoms with E-state index in [9.17, 15) is 0 Å². The van der Waals surface area contributed by atoms with Gasteiger partial charge in [-0.15, -0.1) is 0 Å². The molecule has 0 saturated heterocycles. The van der Waals surface area contributed by atoms with Crippen LogP contribution in [0.3, 0.4) is 0 Å². The molecule has 3 atom stereocenters. The fourth-order valence-corrected chi connectivity index (χ4v) is 4.71. The van der Waals surface area contributed by atoms with Gasteiger partial charge >= 0.3 is 0 Å². The van der Waals surface area contributed by atoms with Crippen molar-refractivity contribution in [2.75, 3.05) is 0 Å². The van der Waals surface area contributed by atoms with E-state index in [0.717, 1.165) is 28.9 Å². The third-order valence-corrected chi connectivity index (χ3v) is 5.59.